The molecule has 78 valence electrons. The first-order valence-corrected chi connectivity index (χ1v) is 4.48. The number of nitriles is 1. The monoisotopic (exact) mass is 214 g/mol. The van der Waals surface area contributed by atoms with Crippen LogP contribution < -0.4 is 0 Å². The Bertz CT molecular complexity index is 527. The summed E-state index contributed by atoms with van der Waals surface area (Å²) in [4.78, 5) is 2.57. The van der Waals surface area contributed by atoms with Crippen LogP contribution in [0.15, 0.2) is 23.3 Å². The summed E-state index contributed by atoms with van der Waals surface area (Å²) in [6.07, 6.45) is 0.361. The van der Waals surface area contributed by atoms with Crippen LogP contribution in [-0.2, 0) is 0 Å². The van der Waals surface area contributed by atoms with Crippen molar-refractivity contribution in [3.05, 3.63) is 45.6 Å². The SMILES string of the molecule is N#Cc1cccc(C#CCCN=[N+]=[N-])c1F. The Morgan fingerprint density at radius 2 is 2.19 bits per heavy atom. The average Bonchev–Trinajstić information content (AvgIpc) is 2.31. The van der Waals surface area contributed by atoms with Gasteiger partial charge >= 0.3 is 0 Å². The Balaban J connectivity index is 2.82. The highest BCUT2D eigenvalue weighted by Crippen LogP contribution is 2.10. The van der Waals surface area contributed by atoms with Gasteiger partial charge in [-0.2, -0.15) is 5.26 Å². The minimum Gasteiger partial charge on any atom is -0.204 e. The van der Waals surface area contributed by atoms with E-state index < -0.39 is 5.82 Å². The standard InChI is InChI=1S/C11H7FN4/c12-11-9(4-1-2-7-15-16-14)5-3-6-10(11)8-13/h3,5-6H,2,7H2. The van der Waals surface area contributed by atoms with E-state index in [9.17, 15) is 4.39 Å². The summed E-state index contributed by atoms with van der Waals surface area (Å²) in [5.74, 6) is 4.64. The van der Waals surface area contributed by atoms with E-state index >= 15 is 0 Å². The van der Waals surface area contributed by atoms with Gasteiger partial charge in [0.2, 0.25) is 0 Å². The molecule has 0 aliphatic carbocycles. The van der Waals surface area contributed by atoms with E-state index in [-0.39, 0.29) is 17.7 Å². The van der Waals surface area contributed by atoms with E-state index in [0.29, 0.717) is 6.42 Å². The van der Waals surface area contributed by atoms with E-state index in [0.717, 1.165) is 0 Å². The second-order valence-corrected chi connectivity index (χ2v) is 2.79. The van der Waals surface area contributed by atoms with Crippen molar-refractivity contribution in [1.82, 2.24) is 0 Å². The largest absolute Gasteiger partial charge is 0.204 e. The Hall–Kier alpha value is -2.49. The molecule has 0 aromatic heterocycles. The molecule has 0 atom stereocenters. The van der Waals surface area contributed by atoms with Crippen LogP contribution in [-0.4, -0.2) is 6.54 Å². The molecule has 5 heteroatoms. The van der Waals surface area contributed by atoms with E-state index in [2.05, 4.69) is 21.9 Å². The van der Waals surface area contributed by atoms with E-state index in [1.54, 1.807) is 12.1 Å². The van der Waals surface area contributed by atoms with Gasteiger partial charge in [-0.15, -0.1) is 0 Å². The lowest BCUT2D eigenvalue weighted by Crippen LogP contribution is -1.88. The van der Waals surface area contributed by atoms with Gasteiger partial charge in [-0.05, 0) is 17.7 Å². The zero-order valence-electron chi connectivity index (χ0n) is 8.31. The van der Waals surface area contributed by atoms with Crippen LogP contribution in [0, 0.1) is 29.0 Å². The fraction of sp³-hybridized carbons (Fsp3) is 0.182. The molecule has 0 aliphatic rings. The predicted molar refractivity (Wildman–Crippen MR) is 56.6 cm³/mol. The topological polar surface area (TPSA) is 72.5 Å². The molecule has 0 saturated heterocycles. The number of benzene rings is 1. The van der Waals surface area contributed by atoms with Crippen molar-refractivity contribution in [2.24, 2.45) is 5.11 Å². The normalized spacial score (nSPS) is 8.25. The number of nitrogens with zero attached hydrogens (tertiary/aromatic N) is 4. The highest BCUT2D eigenvalue weighted by Gasteiger charge is 2.04. The molecule has 0 aliphatic heterocycles. The molecule has 0 N–H and O–H groups in total. The second-order valence-electron chi connectivity index (χ2n) is 2.79. The third kappa shape index (κ3) is 3.02. The summed E-state index contributed by atoms with van der Waals surface area (Å²) >= 11 is 0. The maximum absolute atomic E-state index is 13.4. The highest BCUT2D eigenvalue weighted by atomic mass is 19.1. The van der Waals surface area contributed by atoms with Crippen molar-refractivity contribution in [1.29, 1.82) is 5.26 Å². The van der Waals surface area contributed by atoms with Gasteiger partial charge in [0, 0.05) is 17.9 Å². The third-order valence-electron chi connectivity index (χ3n) is 1.74. The Morgan fingerprint density at radius 1 is 1.44 bits per heavy atom. The van der Waals surface area contributed by atoms with Crippen molar-refractivity contribution in [2.75, 3.05) is 6.54 Å². The summed E-state index contributed by atoms with van der Waals surface area (Å²) in [7, 11) is 0. The number of halogens is 1. The molecule has 0 fully saturated rings. The van der Waals surface area contributed by atoms with Crippen LogP contribution >= 0.6 is 0 Å². The zero-order valence-corrected chi connectivity index (χ0v) is 8.31. The van der Waals surface area contributed by atoms with E-state index in [4.69, 9.17) is 10.8 Å². The smallest absolute Gasteiger partial charge is 0.156 e. The van der Waals surface area contributed by atoms with Crippen LogP contribution in [0.2, 0.25) is 0 Å². The number of hydrogen-bond acceptors (Lipinski definition) is 2. The molecule has 1 aromatic rings. The summed E-state index contributed by atoms with van der Waals surface area (Å²) < 4.78 is 13.4. The Labute approximate surface area is 91.9 Å². The summed E-state index contributed by atoms with van der Waals surface area (Å²) in [6.45, 7) is 0.253. The van der Waals surface area contributed by atoms with Crippen molar-refractivity contribution in [2.45, 2.75) is 6.42 Å². The van der Waals surface area contributed by atoms with Gasteiger partial charge in [0.15, 0.2) is 5.82 Å². The fourth-order valence-electron chi connectivity index (χ4n) is 1.02. The molecular weight excluding hydrogens is 207 g/mol. The predicted octanol–water partition coefficient (Wildman–Crippen LogP) is 2.75. The van der Waals surface area contributed by atoms with Crippen molar-refractivity contribution in [3.8, 4) is 17.9 Å². The maximum Gasteiger partial charge on any atom is 0.156 e. The van der Waals surface area contributed by atoms with Crippen LogP contribution in [0.4, 0.5) is 4.39 Å². The number of hydrogen-bond donors (Lipinski definition) is 0. The van der Waals surface area contributed by atoms with E-state index in [1.165, 1.54) is 12.1 Å². The Morgan fingerprint density at radius 3 is 2.88 bits per heavy atom. The van der Waals surface area contributed by atoms with Gasteiger partial charge < -0.3 is 0 Å². The first-order chi connectivity index (χ1) is 7.79. The molecule has 0 spiro atoms. The molecule has 0 amide bonds. The average molecular weight is 214 g/mol. The quantitative estimate of drug-likeness (QED) is 0.245. The lowest BCUT2D eigenvalue weighted by molar-refractivity contribution is 0.620. The van der Waals surface area contributed by atoms with Crippen LogP contribution in [0.1, 0.15) is 17.5 Å². The van der Waals surface area contributed by atoms with Gasteiger partial charge in [0.25, 0.3) is 0 Å². The number of azide groups is 1. The molecule has 1 aromatic carbocycles. The van der Waals surface area contributed by atoms with Gasteiger partial charge in [0.1, 0.15) is 6.07 Å². The molecule has 16 heavy (non-hydrogen) atoms. The van der Waals surface area contributed by atoms with Gasteiger partial charge in [-0.25, -0.2) is 4.39 Å². The van der Waals surface area contributed by atoms with Crippen LogP contribution in [0.25, 0.3) is 10.4 Å². The minimum atomic E-state index is -0.610. The molecule has 0 saturated carbocycles. The molecule has 1 rings (SSSR count). The number of rotatable bonds is 2. The first kappa shape index (κ1) is 11.6. The molecule has 0 heterocycles. The lowest BCUT2D eigenvalue weighted by Gasteiger charge is -1.95. The fourth-order valence-corrected chi connectivity index (χ4v) is 1.02. The van der Waals surface area contributed by atoms with Gasteiger partial charge in [-0.3, -0.25) is 0 Å². The molecule has 0 unspecified atom stereocenters. The van der Waals surface area contributed by atoms with Crippen molar-refractivity contribution < 1.29 is 4.39 Å². The third-order valence-corrected chi connectivity index (χ3v) is 1.74. The summed E-state index contributed by atoms with van der Waals surface area (Å²) in [5, 5.41) is 11.9. The summed E-state index contributed by atoms with van der Waals surface area (Å²) in [5.41, 5.74) is 8.16. The lowest BCUT2D eigenvalue weighted by atomic mass is 10.1. The molecular formula is C11H7FN4. The molecule has 0 bridgehead atoms. The van der Waals surface area contributed by atoms with Gasteiger partial charge in [0.05, 0.1) is 11.1 Å². The van der Waals surface area contributed by atoms with Crippen molar-refractivity contribution in [3.63, 3.8) is 0 Å². The highest BCUT2D eigenvalue weighted by molar-refractivity contribution is 5.43. The van der Waals surface area contributed by atoms with Gasteiger partial charge in [-0.1, -0.05) is 23.0 Å². The molecule has 4 nitrogen and oxygen atoms in total. The molecule has 0 radical (unpaired) electrons. The second kappa shape index (κ2) is 6.08. The zero-order chi connectivity index (χ0) is 11.8. The van der Waals surface area contributed by atoms with Crippen molar-refractivity contribution >= 4 is 0 Å². The van der Waals surface area contributed by atoms with Crippen LogP contribution in [0.3, 0.4) is 0 Å². The Kier molecular flexibility index (Phi) is 4.40. The van der Waals surface area contributed by atoms with Crippen LogP contribution in [0.5, 0.6) is 0 Å². The first-order valence-electron chi connectivity index (χ1n) is 4.48. The summed E-state index contributed by atoms with van der Waals surface area (Å²) in [6, 6.07) is 6.19. The van der Waals surface area contributed by atoms with E-state index in [1.807, 2.05) is 0 Å². The maximum atomic E-state index is 13.4. The minimum absolute atomic E-state index is 0.0261.